The van der Waals surface area contributed by atoms with Gasteiger partial charge in [0.2, 0.25) is 11.8 Å². The number of nitrogens with one attached hydrogen (secondary N) is 1. The van der Waals surface area contributed by atoms with E-state index >= 15 is 0 Å². The summed E-state index contributed by atoms with van der Waals surface area (Å²) in [4.78, 5) is 24.4. The topological polar surface area (TPSA) is 94.3 Å². The van der Waals surface area contributed by atoms with Crippen LogP contribution in [0, 0.1) is 6.92 Å². The number of rotatable bonds is 7. The lowest BCUT2D eigenvalue weighted by molar-refractivity contribution is -0.134. The lowest BCUT2D eigenvalue weighted by Gasteiger charge is -2.07. The molecule has 4 aromatic rings. The third-order valence-electron chi connectivity index (χ3n) is 4.69. The Balaban J connectivity index is 1.27. The Hall–Kier alpha value is -4.26. The molecule has 0 fully saturated rings. The van der Waals surface area contributed by atoms with Crippen LogP contribution >= 0.6 is 0 Å². The van der Waals surface area contributed by atoms with Gasteiger partial charge in [0.05, 0.1) is 6.42 Å². The number of hydrogen-bond donors (Lipinski definition) is 1. The molecule has 1 N–H and O–H groups in total. The van der Waals surface area contributed by atoms with E-state index in [-0.39, 0.29) is 18.7 Å². The molecule has 0 aliphatic heterocycles. The number of carbonyl (C=O) groups is 2. The van der Waals surface area contributed by atoms with Gasteiger partial charge in [0, 0.05) is 23.2 Å². The van der Waals surface area contributed by atoms with Crippen molar-refractivity contribution in [1.82, 2.24) is 10.2 Å². The molecule has 0 unspecified atom stereocenters. The minimum Gasteiger partial charge on any atom is -0.427 e. The summed E-state index contributed by atoms with van der Waals surface area (Å²) in [5.41, 5.74) is 3.14. The van der Waals surface area contributed by atoms with Crippen molar-refractivity contribution in [3.63, 3.8) is 0 Å². The van der Waals surface area contributed by atoms with Gasteiger partial charge in [-0.15, -0.1) is 10.2 Å². The maximum Gasteiger partial charge on any atom is 0.311 e. The lowest BCUT2D eigenvalue weighted by atomic mass is 10.1. The molecule has 0 radical (unpaired) electrons. The number of esters is 1. The van der Waals surface area contributed by atoms with Crippen LogP contribution in [0.15, 0.2) is 83.3 Å². The molecule has 4 rings (SSSR count). The first-order valence-corrected chi connectivity index (χ1v) is 10.1. The van der Waals surface area contributed by atoms with Gasteiger partial charge in [0.25, 0.3) is 5.91 Å². The first-order valence-electron chi connectivity index (χ1n) is 10.1. The van der Waals surface area contributed by atoms with E-state index in [1.807, 2.05) is 37.3 Å². The van der Waals surface area contributed by atoms with Gasteiger partial charge in [0.15, 0.2) is 0 Å². The summed E-state index contributed by atoms with van der Waals surface area (Å²) >= 11 is 0. The van der Waals surface area contributed by atoms with Crippen molar-refractivity contribution in [2.75, 3.05) is 5.32 Å². The van der Waals surface area contributed by atoms with Gasteiger partial charge in [-0.05, 0) is 55.5 Å². The normalized spacial score (nSPS) is 10.5. The van der Waals surface area contributed by atoms with Crippen LogP contribution in [0.1, 0.15) is 28.2 Å². The third kappa shape index (κ3) is 5.46. The van der Waals surface area contributed by atoms with Crippen LogP contribution in [0.2, 0.25) is 0 Å². The van der Waals surface area contributed by atoms with Crippen molar-refractivity contribution in [1.29, 1.82) is 0 Å². The molecule has 7 nitrogen and oxygen atoms in total. The number of benzene rings is 3. The minimum atomic E-state index is -0.416. The summed E-state index contributed by atoms with van der Waals surface area (Å²) in [5, 5.41) is 10.8. The molecule has 160 valence electrons. The number of anilines is 1. The molecule has 1 heterocycles. The molecule has 0 atom stereocenters. The largest absolute Gasteiger partial charge is 0.427 e. The zero-order valence-corrected chi connectivity index (χ0v) is 17.4. The van der Waals surface area contributed by atoms with E-state index < -0.39 is 5.97 Å². The van der Waals surface area contributed by atoms with Gasteiger partial charge in [-0.2, -0.15) is 0 Å². The maximum absolute atomic E-state index is 12.2. The van der Waals surface area contributed by atoms with Crippen LogP contribution in [0.5, 0.6) is 5.75 Å². The van der Waals surface area contributed by atoms with E-state index in [9.17, 15) is 9.59 Å². The van der Waals surface area contributed by atoms with Crippen molar-refractivity contribution < 1.29 is 18.7 Å². The molecule has 1 aromatic heterocycles. The molecule has 3 aromatic carbocycles. The van der Waals surface area contributed by atoms with E-state index in [1.165, 1.54) is 0 Å². The number of aryl methyl sites for hydroxylation is 2. The summed E-state index contributed by atoms with van der Waals surface area (Å²) in [6, 6.07) is 23.3. The summed E-state index contributed by atoms with van der Waals surface area (Å²) in [6.07, 6.45) is 0.380. The Kier molecular flexibility index (Phi) is 6.36. The molecule has 32 heavy (non-hydrogen) atoms. The van der Waals surface area contributed by atoms with Crippen LogP contribution in [-0.2, 0) is 11.2 Å². The van der Waals surface area contributed by atoms with Gasteiger partial charge in [-0.3, -0.25) is 9.59 Å². The minimum absolute atomic E-state index is 0.0992. The zero-order chi connectivity index (χ0) is 22.3. The molecule has 0 saturated carbocycles. The van der Waals surface area contributed by atoms with Gasteiger partial charge in [0.1, 0.15) is 5.75 Å². The van der Waals surface area contributed by atoms with Crippen LogP contribution < -0.4 is 10.1 Å². The first-order chi connectivity index (χ1) is 15.6. The fourth-order valence-electron chi connectivity index (χ4n) is 2.96. The molecule has 7 heteroatoms. The average Bonchev–Trinajstić information content (AvgIpc) is 3.29. The van der Waals surface area contributed by atoms with Crippen molar-refractivity contribution in [3.8, 4) is 17.2 Å². The monoisotopic (exact) mass is 427 g/mol. The average molecular weight is 427 g/mol. The van der Waals surface area contributed by atoms with Crippen molar-refractivity contribution in [3.05, 3.63) is 95.9 Å². The summed E-state index contributed by atoms with van der Waals surface area (Å²) in [5.74, 6) is 0.553. The van der Waals surface area contributed by atoms with E-state index in [1.54, 1.807) is 48.5 Å². The second-order valence-corrected chi connectivity index (χ2v) is 7.19. The van der Waals surface area contributed by atoms with Gasteiger partial charge < -0.3 is 14.5 Å². The smallest absolute Gasteiger partial charge is 0.311 e. The Labute approximate surface area is 185 Å². The van der Waals surface area contributed by atoms with Crippen molar-refractivity contribution in [2.45, 2.75) is 19.8 Å². The summed E-state index contributed by atoms with van der Waals surface area (Å²) < 4.78 is 11.0. The van der Waals surface area contributed by atoms with Crippen molar-refractivity contribution in [2.24, 2.45) is 0 Å². The van der Waals surface area contributed by atoms with Crippen LogP contribution in [0.4, 0.5) is 5.69 Å². The number of amides is 1. The Morgan fingerprint density at radius 1 is 0.906 bits per heavy atom. The number of hydrogen-bond acceptors (Lipinski definition) is 6. The second kappa shape index (κ2) is 9.70. The SMILES string of the molecule is Cc1ccc(-c2nnc(CCC(=O)Oc3ccc(NC(=O)c4ccccc4)cc3)o2)cc1. The van der Waals surface area contributed by atoms with Gasteiger partial charge in [-0.25, -0.2) is 0 Å². The summed E-state index contributed by atoms with van der Waals surface area (Å²) in [6.45, 7) is 2.00. The third-order valence-corrected chi connectivity index (χ3v) is 4.69. The van der Waals surface area contributed by atoms with Gasteiger partial charge in [-0.1, -0.05) is 35.9 Å². The van der Waals surface area contributed by atoms with Crippen LogP contribution in [-0.4, -0.2) is 22.1 Å². The Morgan fingerprint density at radius 3 is 2.34 bits per heavy atom. The van der Waals surface area contributed by atoms with E-state index in [4.69, 9.17) is 9.15 Å². The highest BCUT2D eigenvalue weighted by molar-refractivity contribution is 6.04. The zero-order valence-electron chi connectivity index (χ0n) is 17.4. The van der Waals surface area contributed by atoms with Crippen molar-refractivity contribution >= 4 is 17.6 Å². The maximum atomic E-state index is 12.2. The predicted molar refractivity (Wildman–Crippen MR) is 119 cm³/mol. The Bertz CT molecular complexity index is 1200. The van der Waals surface area contributed by atoms with Crippen LogP contribution in [0.25, 0.3) is 11.5 Å². The molecule has 1 amide bonds. The van der Waals surface area contributed by atoms with Gasteiger partial charge >= 0.3 is 5.97 Å². The van der Waals surface area contributed by atoms with E-state index in [2.05, 4.69) is 15.5 Å². The highest BCUT2D eigenvalue weighted by atomic mass is 16.5. The molecular formula is C25H21N3O4. The number of aromatic nitrogens is 2. The molecular weight excluding hydrogens is 406 g/mol. The quantitative estimate of drug-likeness (QED) is 0.335. The molecule has 0 aliphatic carbocycles. The number of carbonyl (C=O) groups excluding carboxylic acids is 2. The standard InChI is InChI=1S/C25H21N3O4/c1-17-7-9-19(10-8-17)25-28-27-22(32-25)15-16-23(29)31-21-13-11-20(12-14-21)26-24(30)18-5-3-2-4-6-18/h2-14H,15-16H2,1H3,(H,26,30). The highest BCUT2D eigenvalue weighted by Crippen LogP contribution is 2.20. The fourth-order valence-corrected chi connectivity index (χ4v) is 2.96. The second-order valence-electron chi connectivity index (χ2n) is 7.19. The highest BCUT2D eigenvalue weighted by Gasteiger charge is 2.12. The predicted octanol–water partition coefficient (Wildman–Crippen LogP) is 4.84. The number of ether oxygens (including phenoxy) is 1. The molecule has 0 aliphatic rings. The first kappa shape index (κ1) is 21.0. The molecule has 0 saturated heterocycles. The van der Waals surface area contributed by atoms with Crippen LogP contribution in [0.3, 0.4) is 0 Å². The van der Waals surface area contributed by atoms with E-state index in [0.29, 0.717) is 28.8 Å². The Morgan fingerprint density at radius 2 is 1.62 bits per heavy atom. The summed E-state index contributed by atoms with van der Waals surface area (Å²) in [7, 11) is 0. The van der Waals surface area contributed by atoms with E-state index in [0.717, 1.165) is 11.1 Å². The lowest BCUT2D eigenvalue weighted by Crippen LogP contribution is -2.12. The number of nitrogens with zero attached hydrogens (tertiary/aromatic N) is 2. The molecule has 0 bridgehead atoms. The molecule has 0 spiro atoms. The fraction of sp³-hybridized carbons (Fsp3) is 0.120.